The molecular formula is C8H7BO6. The standard InChI is InChI=1S/C8H7BO6/c10-5-1-3(7(12)14-5)9-4-2-6(11)15-8(4)13/h3-4,9H,1-2H2. The van der Waals surface area contributed by atoms with Crippen LogP contribution in [0.2, 0.25) is 11.6 Å². The Morgan fingerprint density at radius 3 is 1.53 bits per heavy atom. The molecule has 0 radical (unpaired) electrons. The number of cyclic esters (lactones) is 4. The Morgan fingerprint density at radius 1 is 0.867 bits per heavy atom. The summed E-state index contributed by atoms with van der Waals surface area (Å²) < 4.78 is 8.66. The van der Waals surface area contributed by atoms with Crippen LogP contribution in [0, 0.1) is 0 Å². The largest absolute Gasteiger partial charge is 0.393 e. The van der Waals surface area contributed by atoms with Crippen LogP contribution in [-0.2, 0) is 28.7 Å². The first-order valence-corrected chi connectivity index (χ1v) is 4.55. The van der Waals surface area contributed by atoms with Gasteiger partial charge >= 0.3 is 23.9 Å². The molecule has 78 valence electrons. The molecule has 2 aliphatic rings. The second kappa shape index (κ2) is 3.49. The van der Waals surface area contributed by atoms with Crippen LogP contribution in [0.25, 0.3) is 0 Å². The van der Waals surface area contributed by atoms with Gasteiger partial charge in [-0.25, -0.2) is 0 Å². The molecule has 0 aromatic rings. The third-order valence-electron chi connectivity index (χ3n) is 2.49. The molecular weight excluding hydrogens is 203 g/mol. The molecule has 6 nitrogen and oxygen atoms in total. The molecule has 0 saturated carbocycles. The Morgan fingerprint density at radius 2 is 1.27 bits per heavy atom. The van der Waals surface area contributed by atoms with E-state index in [0.717, 1.165) is 0 Å². The van der Waals surface area contributed by atoms with Crippen LogP contribution in [0.3, 0.4) is 0 Å². The highest BCUT2D eigenvalue weighted by Gasteiger charge is 2.42. The van der Waals surface area contributed by atoms with Crippen molar-refractivity contribution in [1.82, 2.24) is 0 Å². The summed E-state index contributed by atoms with van der Waals surface area (Å²) in [5.41, 5.74) is 0. The highest BCUT2D eigenvalue weighted by atomic mass is 16.6. The van der Waals surface area contributed by atoms with Gasteiger partial charge in [-0.2, -0.15) is 0 Å². The van der Waals surface area contributed by atoms with Crippen LogP contribution in [0.4, 0.5) is 0 Å². The molecule has 2 rings (SSSR count). The molecule has 0 aromatic carbocycles. The van der Waals surface area contributed by atoms with E-state index in [1.165, 1.54) is 0 Å². The molecule has 2 saturated heterocycles. The molecule has 0 amide bonds. The molecule has 0 bridgehead atoms. The topological polar surface area (TPSA) is 86.7 Å². The first kappa shape index (κ1) is 9.88. The van der Waals surface area contributed by atoms with Crippen LogP contribution in [0.15, 0.2) is 0 Å². The Labute approximate surface area is 85.1 Å². The normalized spacial score (nSPS) is 30.4. The van der Waals surface area contributed by atoms with Crippen LogP contribution in [0.5, 0.6) is 0 Å². The van der Waals surface area contributed by atoms with Gasteiger partial charge in [0.2, 0.25) is 0 Å². The van der Waals surface area contributed by atoms with Gasteiger partial charge in [0.05, 0.1) is 12.8 Å². The van der Waals surface area contributed by atoms with E-state index in [-0.39, 0.29) is 20.1 Å². The van der Waals surface area contributed by atoms with Crippen molar-refractivity contribution in [2.75, 3.05) is 0 Å². The lowest BCUT2D eigenvalue weighted by Gasteiger charge is -2.04. The molecule has 2 atom stereocenters. The summed E-state index contributed by atoms with van der Waals surface area (Å²) in [4.78, 5) is 43.7. The Kier molecular flexibility index (Phi) is 2.30. The summed E-state index contributed by atoms with van der Waals surface area (Å²) in [7, 11) is 0.148. The fourth-order valence-electron chi connectivity index (χ4n) is 1.75. The summed E-state index contributed by atoms with van der Waals surface area (Å²) >= 11 is 0. The molecule has 2 aliphatic heterocycles. The van der Waals surface area contributed by atoms with E-state index >= 15 is 0 Å². The fraction of sp³-hybridized carbons (Fsp3) is 0.500. The van der Waals surface area contributed by atoms with Gasteiger partial charge in [-0.15, -0.1) is 0 Å². The lowest BCUT2D eigenvalue weighted by molar-refractivity contribution is -0.153. The maximum absolute atomic E-state index is 11.1. The fourth-order valence-corrected chi connectivity index (χ4v) is 1.75. The van der Waals surface area contributed by atoms with Gasteiger partial charge in [0.25, 0.3) is 0 Å². The van der Waals surface area contributed by atoms with Gasteiger partial charge < -0.3 is 9.47 Å². The van der Waals surface area contributed by atoms with Gasteiger partial charge in [0.1, 0.15) is 0 Å². The molecule has 0 N–H and O–H groups in total. The van der Waals surface area contributed by atoms with Gasteiger partial charge in [0.15, 0.2) is 7.28 Å². The van der Waals surface area contributed by atoms with Crippen molar-refractivity contribution in [3.05, 3.63) is 0 Å². The van der Waals surface area contributed by atoms with Crippen LogP contribution in [0.1, 0.15) is 12.8 Å². The molecule has 0 spiro atoms. The molecule has 0 aromatic heterocycles. The van der Waals surface area contributed by atoms with E-state index in [2.05, 4.69) is 9.47 Å². The van der Waals surface area contributed by atoms with E-state index in [1.54, 1.807) is 0 Å². The Bertz CT molecular complexity index is 328. The quantitative estimate of drug-likeness (QED) is 0.328. The van der Waals surface area contributed by atoms with E-state index < -0.39 is 35.5 Å². The molecule has 7 heteroatoms. The predicted octanol–water partition coefficient (Wildman–Crippen LogP) is -1.05. The highest BCUT2D eigenvalue weighted by molar-refractivity contribution is 6.52. The summed E-state index contributed by atoms with van der Waals surface area (Å²) in [5.74, 6) is -3.62. The number of esters is 4. The second-order valence-corrected chi connectivity index (χ2v) is 3.62. The van der Waals surface area contributed by atoms with Gasteiger partial charge in [-0.05, 0) is 0 Å². The molecule has 2 unspecified atom stereocenters. The van der Waals surface area contributed by atoms with Crippen LogP contribution < -0.4 is 0 Å². The number of carbonyl (C=O) groups excluding carboxylic acids is 4. The number of hydrogen-bond donors (Lipinski definition) is 0. The lowest BCUT2D eigenvalue weighted by Crippen LogP contribution is -2.18. The SMILES string of the molecule is O=C1CC(BC2CC(=O)OC2=O)C(=O)O1. The van der Waals surface area contributed by atoms with Crippen molar-refractivity contribution in [2.24, 2.45) is 0 Å². The zero-order chi connectivity index (χ0) is 11.0. The minimum absolute atomic E-state index is 0.0171. The summed E-state index contributed by atoms with van der Waals surface area (Å²) in [5, 5.41) is 0. The smallest absolute Gasteiger partial charge is 0.313 e. The van der Waals surface area contributed by atoms with Crippen molar-refractivity contribution in [2.45, 2.75) is 24.5 Å². The van der Waals surface area contributed by atoms with E-state index in [9.17, 15) is 19.2 Å². The Hall–Kier alpha value is -1.66. The summed E-state index contributed by atoms with van der Waals surface area (Å²) in [6.45, 7) is 0. The zero-order valence-electron chi connectivity index (χ0n) is 7.73. The van der Waals surface area contributed by atoms with Crippen molar-refractivity contribution in [1.29, 1.82) is 0 Å². The van der Waals surface area contributed by atoms with E-state index in [0.29, 0.717) is 0 Å². The number of rotatable bonds is 2. The molecule has 15 heavy (non-hydrogen) atoms. The monoisotopic (exact) mass is 210 g/mol. The minimum Gasteiger partial charge on any atom is -0.393 e. The van der Waals surface area contributed by atoms with Crippen LogP contribution in [-0.4, -0.2) is 31.2 Å². The highest BCUT2D eigenvalue weighted by Crippen LogP contribution is 2.30. The predicted molar refractivity (Wildman–Crippen MR) is 46.1 cm³/mol. The van der Waals surface area contributed by atoms with Gasteiger partial charge in [-0.3, -0.25) is 19.2 Å². The van der Waals surface area contributed by atoms with Gasteiger partial charge in [0, 0.05) is 11.6 Å². The van der Waals surface area contributed by atoms with E-state index in [4.69, 9.17) is 0 Å². The van der Waals surface area contributed by atoms with Crippen molar-refractivity contribution in [3.63, 3.8) is 0 Å². The lowest BCUT2D eigenvalue weighted by atomic mass is 9.54. The first-order chi connectivity index (χ1) is 7.06. The third kappa shape index (κ3) is 1.90. The van der Waals surface area contributed by atoms with Crippen molar-refractivity contribution < 1.29 is 28.7 Å². The average molecular weight is 210 g/mol. The number of ether oxygens (including phenoxy) is 2. The number of carbonyl (C=O) groups is 4. The van der Waals surface area contributed by atoms with Crippen molar-refractivity contribution >= 4 is 31.2 Å². The molecule has 2 fully saturated rings. The Balaban J connectivity index is 1.98. The van der Waals surface area contributed by atoms with Crippen molar-refractivity contribution in [3.8, 4) is 0 Å². The maximum atomic E-state index is 11.1. The van der Waals surface area contributed by atoms with E-state index in [1.807, 2.05) is 0 Å². The van der Waals surface area contributed by atoms with Crippen LogP contribution >= 0.6 is 0 Å². The minimum atomic E-state index is -0.618. The summed E-state index contributed by atoms with van der Waals surface area (Å²) in [6, 6.07) is 0. The number of hydrogen-bond acceptors (Lipinski definition) is 6. The first-order valence-electron chi connectivity index (χ1n) is 4.55. The third-order valence-corrected chi connectivity index (χ3v) is 2.49. The molecule has 0 aliphatic carbocycles. The zero-order valence-corrected chi connectivity index (χ0v) is 7.73. The summed E-state index contributed by atoms with van der Waals surface area (Å²) in [6.07, 6.45) is -0.0341. The second-order valence-electron chi connectivity index (χ2n) is 3.62. The molecule has 2 heterocycles. The van der Waals surface area contributed by atoms with Gasteiger partial charge in [-0.1, -0.05) is 0 Å². The average Bonchev–Trinajstić information content (AvgIpc) is 2.58. The maximum Gasteiger partial charge on any atom is 0.313 e.